The summed E-state index contributed by atoms with van der Waals surface area (Å²) in [5, 5.41) is 7.79. The molecular weight excluding hydrogens is 198 g/mol. The molecule has 0 fully saturated rings. The van der Waals surface area contributed by atoms with Crippen LogP contribution in [0.15, 0.2) is 12.3 Å². The van der Waals surface area contributed by atoms with Crippen LogP contribution in [0.1, 0.15) is 39.3 Å². The van der Waals surface area contributed by atoms with E-state index in [-0.39, 0.29) is 0 Å². The van der Waals surface area contributed by atoms with E-state index in [4.69, 9.17) is 0 Å². The number of nitrogens with zero attached hydrogens (tertiary/aromatic N) is 2. The van der Waals surface area contributed by atoms with Crippen LogP contribution in [0, 0.1) is 5.92 Å². The van der Waals surface area contributed by atoms with E-state index in [9.17, 15) is 0 Å². The minimum Gasteiger partial charge on any atom is -0.314 e. The molecule has 0 aromatic carbocycles. The maximum absolute atomic E-state index is 4.20. The SMILES string of the molecule is CCNC(CCc1ccnn1C)C(C)CC. The van der Waals surface area contributed by atoms with E-state index < -0.39 is 0 Å². The molecule has 1 aromatic heterocycles. The van der Waals surface area contributed by atoms with Crippen molar-refractivity contribution in [2.24, 2.45) is 13.0 Å². The zero-order valence-electron chi connectivity index (χ0n) is 11.0. The van der Waals surface area contributed by atoms with Gasteiger partial charge in [0.25, 0.3) is 0 Å². The molecule has 1 heterocycles. The summed E-state index contributed by atoms with van der Waals surface area (Å²) in [6.45, 7) is 7.83. The Morgan fingerprint density at radius 3 is 2.69 bits per heavy atom. The van der Waals surface area contributed by atoms with Crippen molar-refractivity contribution in [3.63, 3.8) is 0 Å². The molecule has 3 nitrogen and oxygen atoms in total. The Morgan fingerprint density at radius 1 is 1.44 bits per heavy atom. The lowest BCUT2D eigenvalue weighted by Gasteiger charge is -2.23. The first-order valence-corrected chi connectivity index (χ1v) is 6.39. The highest BCUT2D eigenvalue weighted by Gasteiger charge is 2.14. The Balaban J connectivity index is 2.46. The summed E-state index contributed by atoms with van der Waals surface area (Å²) in [5.41, 5.74) is 1.33. The molecule has 1 rings (SSSR count). The molecule has 0 saturated carbocycles. The smallest absolute Gasteiger partial charge is 0.0492 e. The Morgan fingerprint density at radius 2 is 2.19 bits per heavy atom. The fourth-order valence-electron chi connectivity index (χ4n) is 2.08. The van der Waals surface area contributed by atoms with Crippen molar-refractivity contribution in [1.82, 2.24) is 15.1 Å². The monoisotopic (exact) mass is 223 g/mol. The molecule has 0 aliphatic carbocycles. The van der Waals surface area contributed by atoms with Crippen LogP contribution < -0.4 is 5.32 Å². The second-order valence-corrected chi connectivity index (χ2v) is 4.53. The predicted molar refractivity (Wildman–Crippen MR) is 68.4 cm³/mol. The Labute approximate surface area is 99.2 Å². The maximum Gasteiger partial charge on any atom is 0.0492 e. The first kappa shape index (κ1) is 13.2. The number of aromatic nitrogens is 2. The summed E-state index contributed by atoms with van der Waals surface area (Å²) < 4.78 is 1.97. The summed E-state index contributed by atoms with van der Waals surface area (Å²) in [6, 6.07) is 2.74. The van der Waals surface area contributed by atoms with Gasteiger partial charge in [-0.25, -0.2) is 0 Å². The highest BCUT2D eigenvalue weighted by atomic mass is 15.2. The quantitative estimate of drug-likeness (QED) is 0.769. The fraction of sp³-hybridized carbons (Fsp3) is 0.769. The van der Waals surface area contributed by atoms with E-state index >= 15 is 0 Å². The van der Waals surface area contributed by atoms with Crippen LogP contribution in [0.2, 0.25) is 0 Å². The number of aryl methyl sites for hydroxylation is 2. The lowest BCUT2D eigenvalue weighted by atomic mass is 9.94. The lowest BCUT2D eigenvalue weighted by Crippen LogP contribution is -2.35. The molecule has 1 aromatic rings. The number of nitrogens with one attached hydrogen (secondary N) is 1. The highest BCUT2D eigenvalue weighted by molar-refractivity contribution is 5.00. The minimum atomic E-state index is 0.630. The Hall–Kier alpha value is -0.830. The molecule has 2 atom stereocenters. The Bertz CT molecular complexity index is 293. The molecule has 0 radical (unpaired) electrons. The molecule has 0 bridgehead atoms. The Kier molecular flexibility index (Phi) is 5.53. The number of hydrogen-bond acceptors (Lipinski definition) is 2. The predicted octanol–water partition coefficient (Wildman–Crippen LogP) is 2.38. The summed E-state index contributed by atoms with van der Waals surface area (Å²) in [4.78, 5) is 0. The van der Waals surface area contributed by atoms with Crippen LogP contribution in [-0.2, 0) is 13.5 Å². The minimum absolute atomic E-state index is 0.630. The summed E-state index contributed by atoms with van der Waals surface area (Å²) in [5.74, 6) is 0.744. The van der Waals surface area contributed by atoms with E-state index in [0.717, 1.165) is 18.9 Å². The molecule has 2 unspecified atom stereocenters. The highest BCUT2D eigenvalue weighted by Crippen LogP contribution is 2.13. The molecule has 0 aliphatic rings. The molecule has 92 valence electrons. The van der Waals surface area contributed by atoms with Gasteiger partial charge in [-0.2, -0.15) is 5.10 Å². The van der Waals surface area contributed by atoms with Crippen LogP contribution >= 0.6 is 0 Å². The van der Waals surface area contributed by atoms with Gasteiger partial charge in [-0.3, -0.25) is 4.68 Å². The van der Waals surface area contributed by atoms with Crippen molar-refractivity contribution in [2.45, 2.75) is 46.1 Å². The van der Waals surface area contributed by atoms with Gasteiger partial charge >= 0.3 is 0 Å². The molecule has 0 amide bonds. The standard InChI is InChI=1S/C13H25N3/c1-5-11(3)13(14-6-2)8-7-12-9-10-15-16(12)4/h9-11,13-14H,5-8H2,1-4H3. The normalized spacial score (nSPS) is 15.0. The van der Waals surface area contributed by atoms with Gasteiger partial charge in [0.05, 0.1) is 0 Å². The van der Waals surface area contributed by atoms with Crippen molar-refractivity contribution in [3.05, 3.63) is 18.0 Å². The van der Waals surface area contributed by atoms with Crippen molar-refractivity contribution in [2.75, 3.05) is 6.54 Å². The van der Waals surface area contributed by atoms with E-state index in [1.807, 2.05) is 17.9 Å². The van der Waals surface area contributed by atoms with Gasteiger partial charge in [-0.05, 0) is 31.4 Å². The third-order valence-electron chi connectivity index (χ3n) is 3.43. The van der Waals surface area contributed by atoms with E-state index in [1.165, 1.54) is 18.5 Å². The van der Waals surface area contributed by atoms with Gasteiger partial charge in [0, 0.05) is 25.0 Å². The van der Waals surface area contributed by atoms with Crippen LogP contribution in [0.3, 0.4) is 0 Å². The van der Waals surface area contributed by atoms with E-state index in [0.29, 0.717) is 6.04 Å². The van der Waals surface area contributed by atoms with Gasteiger partial charge < -0.3 is 5.32 Å². The molecule has 0 aliphatic heterocycles. The van der Waals surface area contributed by atoms with Crippen LogP contribution in [-0.4, -0.2) is 22.4 Å². The van der Waals surface area contributed by atoms with Gasteiger partial charge in [0.2, 0.25) is 0 Å². The largest absolute Gasteiger partial charge is 0.314 e. The summed E-state index contributed by atoms with van der Waals surface area (Å²) in [6.07, 6.45) is 5.42. The number of rotatable bonds is 7. The van der Waals surface area contributed by atoms with Gasteiger partial charge in [0.1, 0.15) is 0 Å². The second-order valence-electron chi connectivity index (χ2n) is 4.53. The first-order chi connectivity index (χ1) is 7.69. The first-order valence-electron chi connectivity index (χ1n) is 6.39. The third-order valence-corrected chi connectivity index (χ3v) is 3.43. The molecule has 1 N–H and O–H groups in total. The molecule has 0 spiro atoms. The van der Waals surface area contributed by atoms with Gasteiger partial charge in [0.15, 0.2) is 0 Å². The van der Waals surface area contributed by atoms with Gasteiger partial charge in [-0.1, -0.05) is 27.2 Å². The molecular formula is C13H25N3. The van der Waals surface area contributed by atoms with Crippen LogP contribution in [0.4, 0.5) is 0 Å². The second kappa shape index (κ2) is 6.69. The average Bonchev–Trinajstić information content (AvgIpc) is 2.69. The van der Waals surface area contributed by atoms with Gasteiger partial charge in [-0.15, -0.1) is 0 Å². The summed E-state index contributed by atoms with van der Waals surface area (Å²) >= 11 is 0. The molecule has 0 saturated heterocycles. The van der Waals surface area contributed by atoms with E-state index in [2.05, 4.69) is 37.3 Å². The zero-order valence-corrected chi connectivity index (χ0v) is 11.0. The maximum atomic E-state index is 4.20. The topological polar surface area (TPSA) is 29.9 Å². The third kappa shape index (κ3) is 3.63. The number of hydrogen-bond donors (Lipinski definition) is 1. The van der Waals surface area contributed by atoms with Crippen LogP contribution in [0.5, 0.6) is 0 Å². The van der Waals surface area contributed by atoms with Crippen molar-refractivity contribution in [3.8, 4) is 0 Å². The zero-order chi connectivity index (χ0) is 12.0. The van der Waals surface area contributed by atoms with Crippen molar-refractivity contribution in [1.29, 1.82) is 0 Å². The van der Waals surface area contributed by atoms with Crippen molar-refractivity contribution < 1.29 is 0 Å². The lowest BCUT2D eigenvalue weighted by molar-refractivity contribution is 0.352. The fourth-order valence-corrected chi connectivity index (χ4v) is 2.08. The molecule has 3 heteroatoms. The van der Waals surface area contributed by atoms with Crippen LogP contribution in [0.25, 0.3) is 0 Å². The summed E-state index contributed by atoms with van der Waals surface area (Å²) in [7, 11) is 2.01. The molecule has 16 heavy (non-hydrogen) atoms. The van der Waals surface area contributed by atoms with E-state index in [1.54, 1.807) is 0 Å². The van der Waals surface area contributed by atoms with Crippen molar-refractivity contribution >= 4 is 0 Å². The average molecular weight is 223 g/mol.